The summed E-state index contributed by atoms with van der Waals surface area (Å²) < 4.78 is 11.4. The Kier molecular flexibility index (Phi) is 6.70. The number of hydrogen-bond acceptors (Lipinski definition) is 6. The Labute approximate surface area is 200 Å². The van der Waals surface area contributed by atoms with Crippen molar-refractivity contribution in [1.29, 1.82) is 0 Å². The normalized spacial score (nSPS) is 28.1. The van der Waals surface area contributed by atoms with Gasteiger partial charge >= 0.3 is 0 Å². The lowest BCUT2D eigenvalue weighted by molar-refractivity contribution is -0.144. The Morgan fingerprint density at radius 2 is 1.85 bits per heavy atom. The van der Waals surface area contributed by atoms with Crippen molar-refractivity contribution in [1.82, 2.24) is 15.1 Å². The summed E-state index contributed by atoms with van der Waals surface area (Å²) in [5, 5.41) is 2.84. The fraction of sp³-hybridized carbons (Fsp3) is 0.577. The highest BCUT2D eigenvalue weighted by Crippen LogP contribution is 2.52. The van der Waals surface area contributed by atoms with Crippen LogP contribution in [0, 0.1) is 23.7 Å². The second kappa shape index (κ2) is 9.88. The maximum Gasteiger partial charge on any atom is 0.240 e. The number of nitrogens with one attached hydrogen (secondary N) is 1. The first kappa shape index (κ1) is 23.1. The number of hydrogen-bond donors (Lipinski definition) is 1. The van der Waals surface area contributed by atoms with E-state index < -0.39 is 0 Å². The molecule has 1 N–H and O–H groups in total. The summed E-state index contributed by atoms with van der Waals surface area (Å²) >= 11 is 0. The fourth-order valence-electron chi connectivity index (χ4n) is 5.88. The highest BCUT2D eigenvalue weighted by molar-refractivity contribution is 6.08. The lowest BCUT2D eigenvalue weighted by Crippen LogP contribution is -2.41. The van der Waals surface area contributed by atoms with E-state index in [2.05, 4.69) is 29.4 Å². The van der Waals surface area contributed by atoms with Crippen LogP contribution in [-0.4, -0.2) is 73.5 Å². The van der Waals surface area contributed by atoms with Crippen molar-refractivity contribution in [3.63, 3.8) is 0 Å². The molecule has 4 aliphatic rings. The summed E-state index contributed by atoms with van der Waals surface area (Å²) in [6, 6.07) is 8.17. The van der Waals surface area contributed by atoms with E-state index >= 15 is 0 Å². The molecule has 1 aromatic carbocycles. The molecule has 4 unspecified atom stereocenters. The smallest absolute Gasteiger partial charge is 0.240 e. The van der Waals surface area contributed by atoms with Crippen molar-refractivity contribution >= 4 is 17.7 Å². The lowest BCUT2D eigenvalue weighted by Gasteiger charge is -2.31. The monoisotopic (exact) mass is 467 g/mol. The van der Waals surface area contributed by atoms with E-state index in [4.69, 9.17) is 9.47 Å². The molecule has 1 aromatic rings. The molecule has 5 rings (SSSR count). The van der Waals surface area contributed by atoms with Crippen LogP contribution in [0.2, 0.25) is 0 Å². The van der Waals surface area contributed by atoms with Gasteiger partial charge in [0, 0.05) is 32.3 Å². The average molecular weight is 468 g/mol. The number of allylic oxidation sites excluding steroid dienone is 2. The van der Waals surface area contributed by atoms with E-state index in [-0.39, 0.29) is 47.9 Å². The van der Waals surface area contributed by atoms with Crippen LogP contribution in [-0.2, 0) is 25.7 Å². The Morgan fingerprint density at radius 1 is 1.15 bits per heavy atom. The first-order valence-corrected chi connectivity index (χ1v) is 12.3. The summed E-state index contributed by atoms with van der Waals surface area (Å²) in [5.74, 6) is -0.188. The first-order chi connectivity index (χ1) is 16.5. The van der Waals surface area contributed by atoms with Crippen LogP contribution < -0.4 is 10.1 Å². The second-order valence-corrected chi connectivity index (χ2v) is 9.86. The summed E-state index contributed by atoms with van der Waals surface area (Å²) in [5.41, 5.74) is 0.904. The Bertz CT molecular complexity index is 943. The zero-order valence-corrected chi connectivity index (χ0v) is 19.7. The van der Waals surface area contributed by atoms with Gasteiger partial charge in [-0.15, -0.1) is 0 Å². The van der Waals surface area contributed by atoms with Gasteiger partial charge < -0.3 is 14.8 Å². The van der Waals surface area contributed by atoms with Crippen molar-refractivity contribution in [3.05, 3.63) is 42.0 Å². The van der Waals surface area contributed by atoms with E-state index in [1.807, 2.05) is 24.3 Å². The second-order valence-electron chi connectivity index (χ2n) is 9.86. The molecule has 2 aliphatic carbocycles. The Hall–Kier alpha value is -2.71. The highest BCUT2D eigenvalue weighted by Gasteiger charge is 2.59. The van der Waals surface area contributed by atoms with Gasteiger partial charge in [0.2, 0.25) is 17.7 Å². The number of nitrogens with zero attached hydrogens (tertiary/aromatic N) is 2. The van der Waals surface area contributed by atoms with Crippen molar-refractivity contribution < 1.29 is 23.9 Å². The molecule has 2 bridgehead atoms. The third-order valence-electron chi connectivity index (χ3n) is 7.78. The molecule has 182 valence electrons. The SMILES string of the molecule is CN(CCOc1cccc(CNC(=O)CN2C(=O)C3C4C=CC(C4)C3C2=O)c1)C1CCOCC1. The molecule has 8 nitrogen and oxygen atoms in total. The molecule has 8 heteroatoms. The van der Waals surface area contributed by atoms with Gasteiger partial charge in [-0.3, -0.25) is 24.2 Å². The summed E-state index contributed by atoms with van der Waals surface area (Å²) in [6.07, 6.45) is 7.10. The molecule has 1 saturated carbocycles. The van der Waals surface area contributed by atoms with Crippen LogP contribution in [0.4, 0.5) is 0 Å². The number of likely N-dealkylation sites (N-methyl/N-ethyl adjacent to an activating group) is 1. The number of amides is 3. The van der Waals surface area contributed by atoms with Gasteiger partial charge in [0.1, 0.15) is 18.9 Å². The van der Waals surface area contributed by atoms with Gasteiger partial charge in [-0.2, -0.15) is 0 Å². The van der Waals surface area contributed by atoms with E-state index in [1.54, 1.807) is 0 Å². The van der Waals surface area contributed by atoms with Gasteiger partial charge in [-0.25, -0.2) is 0 Å². The number of fused-ring (bicyclic) bond motifs is 5. The molecule has 3 amide bonds. The standard InChI is InChI=1S/C26H33N3O5/c1-28(20-7-10-33-11-8-20)9-12-34-21-4-2-3-17(13-21)15-27-22(30)16-29-25(31)23-18-5-6-19(14-18)24(23)26(29)32/h2-6,13,18-20,23-24H,7-12,14-16H2,1H3,(H,27,30). The minimum absolute atomic E-state index is 0.152. The number of carbonyl (C=O) groups is 3. The minimum Gasteiger partial charge on any atom is -0.492 e. The predicted molar refractivity (Wildman–Crippen MR) is 125 cm³/mol. The molecular formula is C26H33N3O5. The zero-order chi connectivity index (χ0) is 23.7. The molecule has 3 fully saturated rings. The van der Waals surface area contributed by atoms with Crippen LogP contribution in [0.25, 0.3) is 0 Å². The van der Waals surface area contributed by atoms with E-state index in [9.17, 15) is 14.4 Å². The van der Waals surface area contributed by atoms with Gasteiger partial charge in [0.05, 0.1) is 11.8 Å². The van der Waals surface area contributed by atoms with Crippen LogP contribution in [0.3, 0.4) is 0 Å². The molecule has 0 spiro atoms. The largest absolute Gasteiger partial charge is 0.492 e. The van der Waals surface area contributed by atoms with Crippen LogP contribution in [0.1, 0.15) is 24.8 Å². The van der Waals surface area contributed by atoms with Crippen molar-refractivity contribution in [3.8, 4) is 5.75 Å². The topological polar surface area (TPSA) is 88.2 Å². The number of rotatable bonds is 9. The van der Waals surface area contributed by atoms with Crippen LogP contribution in [0.5, 0.6) is 5.75 Å². The number of likely N-dealkylation sites (tertiary alicyclic amines) is 1. The minimum atomic E-state index is -0.327. The molecular weight excluding hydrogens is 434 g/mol. The van der Waals surface area contributed by atoms with Crippen LogP contribution >= 0.6 is 0 Å². The molecule has 0 radical (unpaired) electrons. The lowest BCUT2D eigenvalue weighted by atomic mass is 9.85. The first-order valence-electron chi connectivity index (χ1n) is 12.3. The number of ether oxygens (including phenoxy) is 2. The van der Waals surface area contributed by atoms with Crippen LogP contribution in [0.15, 0.2) is 36.4 Å². The summed E-state index contributed by atoms with van der Waals surface area (Å²) in [7, 11) is 2.12. The number of benzene rings is 1. The molecule has 0 aromatic heterocycles. The third-order valence-corrected chi connectivity index (χ3v) is 7.78. The van der Waals surface area contributed by atoms with Crippen molar-refractivity contribution in [2.24, 2.45) is 23.7 Å². The van der Waals surface area contributed by atoms with Gasteiger partial charge in [0.25, 0.3) is 0 Å². The van der Waals surface area contributed by atoms with Crippen molar-refractivity contribution in [2.75, 3.05) is 40.0 Å². The summed E-state index contributed by atoms with van der Waals surface area (Å²) in [4.78, 5) is 41.5. The Morgan fingerprint density at radius 3 is 2.56 bits per heavy atom. The molecule has 2 saturated heterocycles. The van der Waals surface area contributed by atoms with E-state index in [0.29, 0.717) is 19.2 Å². The number of imide groups is 1. The van der Waals surface area contributed by atoms with Gasteiger partial charge in [-0.05, 0) is 55.8 Å². The molecule has 4 atom stereocenters. The van der Waals surface area contributed by atoms with Crippen molar-refractivity contribution in [2.45, 2.75) is 31.8 Å². The van der Waals surface area contributed by atoms with E-state index in [1.165, 1.54) is 0 Å². The summed E-state index contributed by atoms with van der Waals surface area (Å²) in [6.45, 7) is 3.17. The molecule has 34 heavy (non-hydrogen) atoms. The maximum atomic E-state index is 12.8. The zero-order valence-electron chi connectivity index (χ0n) is 19.7. The quantitative estimate of drug-likeness (QED) is 0.439. The number of carbonyl (C=O) groups excluding carboxylic acids is 3. The Balaban J connectivity index is 1.07. The fourth-order valence-corrected chi connectivity index (χ4v) is 5.88. The predicted octanol–water partition coefficient (Wildman–Crippen LogP) is 1.60. The van der Waals surface area contributed by atoms with Gasteiger partial charge in [0.15, 0.2) is 0 Å². The highest BCUT2D eigenvalue weighted by atomic mass is 16.5. The average Bonchev–Trinajstić information content (AvgIpc) is 3.54. The molecule has 2 heterocycles. The third kappa shape index (κ3) is 4.61. The van der Waals surface area contributed by atoms with E-state index in [0.717, 1.165) is 55.2 Å². The molecule has 2 aliphatic heterocycles. The van der Waals surface area contributed by atoms with Gasteiger partial charge in [-0.1, -0.05) is 24.3 Å². The maximum absolute atomic E-state index is 12.8.